The van der Waals surface area contributed by atoms with Gasteiger partial charge in [-0.25, -0.2) is 0 Å². The molecular formula is C6H5BN2. The molecule has 0 N–H and O–H groups in total. The Morgan fingerprint density at radius 1 is 1.44 bits per heavy atom. The Balaban J connectivity index is 2.95. The Hall–Kier alpha value is -1.12. The van der Waals surface area contributed by atoms with Crippen molar-refractivity contribution in [3.8, 4) is 0 Å². The van der Waals surface area contributed by atoms with Gasteiger partial charge in [0.2, 0.25) is 0 Å². The molecule has 2 aromatic heterocycles. The van der Waals surface area contributed by atoms with Gasteiger partial charge in [0.15, 0.2) is 0 Å². The van der Waals surface area contributed by atoms with E-state index < -0.39 is 0 Å². The van der Waals surface area contributed by atoms with Crippen LogP contribution < -0.4 is 0 Å². The Kier molecular flexibility index (Phi) is 0.888. The van der Waals surface area contributed by atoms with E-state index in [4.69, 9.17) is 0 Å². The molecule has 2 heterocycles. The van der Waals surface area contributed by atoms with Crippen molar-refractivity contribution in [2.24, 2.45) is 0 Å². The van der Waals surface area contributed by atoms with Crippen LogP contribution in [-0.4, -0.2) is 16.3 Å². The number of fused-ring (bicyclic) bond motifs is 1. The number of hydrogen-bond acceptors (Lipinski definition) is 1. The quantitative estimate of drug-likeness (QED) is 0.494. The second-order valence-corrected chi connectivity index (χ2v) is 1.89. The fraction of sp³-hybridized carbons (Fsp3) is 0. The molecular weight excluding hydrogens is 111 g/mol. The Labute approximate surface area is 53.4 Å². The van der Waals surface area contributed by atoms with Crippen LogP contribution in [0.15, 0.2) is 30.5 Å². The van der Waals surface area contributed by atoms with E-state index in [0.717, 1.165) is 5.65 Å². The van der Waals surface area contributed by atoms with Crippen molar-refractivity contribution in [1.29, 1.82) is 0 Å². The first-order valence-corrected chi connectivity index (χ1v) is 2.84. The fourth-order valence-corrected chi connectivity index (χ4v) is 0.864. The average molecular weight is 116 g/mol. The van der Waals surface area contributed by atoms with E-state index in [-0.39, 0.29) is 0 Å². The summed E-state index contributed by atoms with van der Waals surface area (Å²) in [5.74, 6) is 0. The summed E-state index contributed by atoms with van der Waals surface area (Å²) in [6.07, 6.45) is 3.90. The predicted octanol–water partition coefficient (Wildman–Crippen LogP) is 0.672. The number of hydrogen-bond donors (Lipinski definition) is 0. The van der Waals surface area contributed by atoms with Crippen LogP contribution in [0.25, 0.3) is 5.65 Å². The van der Waals surface area contributed by atoms with Crippen molar-refractivity contribution in [1.82, 2.24) is 9.29 Å². The van der Waals surface area contributed by atoms with Crippen LogP contribution in [0.4, 0.5) is 0 Å². The second-order valence-electron chi connectivity index (χ2n) is 1.89. The molecule has 0 radical (unpaired) electrons. The molecule has 2 nitrogen and oxygen atoms in total. The SMILES string of the molecule is b1cn2ccccc2n1. The van der Waals surface area contributed by atoms with E-state index in [1.807, 2.05) is 34.9 Å². The molecule has 0 saturated heterocycles. The van der Waals surface area contributed by atoms with Gasteiger partial charge in [-0.3, -0.25) is 0 Å². The third kappa shape index (κ3) is 0.651. The Morgan fingerprint density at radius 3 is 3.33 bits per heavy atom. The van der Waals surface area contributed by atoms with Gasteiger partial charge in [0.05, 0.1) is 0 Å². The van der Waals surface area contributed by atoms with Crippen LogP contribution in [-0.2, 0) is 0 Å². The zero-order valence-electron chi connectivity index (χ0n) is 4.86. The Bertz CT molecular complexity index is 285. The molecule has 42 valence electrons. The van der Waals surface area contributed by atoms with E-state index in [1.54, 1.807) is 7.05 Å². The maximum absolute atomic E-state index is 4.08. The first-order valence-electron chi connectivity index (χ1n) is 2.84. The summed E-state index contributed by atoms with van der Waals surface area (Å²) in [6.45, 7) is 0. The first-order chi connectivity index (χ1) is 4.47. The summed E-state index contributed by atoms with van der Waals surface area (Å²) in [7, 11) is 1.79. The monoisotopic (exact) mass is 116 g/mol. The van der Waals surface area contributed by atoms with E-state index in [0.29, 0.717) is 0 Å². The molecule has 0 aliphatic carbocycles. The minimum atomic E-state index is 0.998. The molecule has 0 bridgehead atoms. The van der Waals surface area contributed by atoms with E-state index in [1.165, 1.54) is 0 Å². The van der Waals surface area contributed by atoms with Gasteiger partial charge >= 0.3 is 52.5 Å². The molecule has 0 amide bonds. The van der Waals surface area contributed by atoms with Crippen molar-refractivity contribution in [2.75, 3.05) is 0 Å². The molecule has 0 saturated carbocycles. The summed E-state index contributed by atoms with van der Waals surface area (Å²) in [5.41, 5.74) is 0.998. The molecule has 9 heavy (non-hydrogen) atoms. The van der Waals surface area contributed by atoms with Crippen LogP contribution in [0.3, 0.4) is 0 Å². The third-order valence-electron chi connectivity index (χ3n) is 1.30. The molecule has 0 spiro atoms. The molecule has 0 aliphatic rings. The summed E-state index contributed by atoms with van der Waals surface area (Å²) in [5, 5.41) is 0. The second kappa shape index (κ2) is 1.69. The van der Waals surface area contributed by atoms with Crippen LogP contribution in [0.5, 0.6) is 0 Å². The number of pyridine rings is 1. The van der Waals surface area contributed by atoms with Crippen LogP contribution in [0.1, 0.15) is 0 Å². The minimum absolute atomic E-state index is 0.998. The van der Waals surface area contributed by atoms with E-state index in [9.17, 15) is 0 Å². The van der Waals surface area contributed by atoms with Gasteiger partial charge in [0, 0.05) is 0 Å². The number of rotatable bonds is 0. The first kappa shape index (κ1) is 4.73. The zero-order valence-corrected chi connectivity index (χ0v) is 4.86. The van der Waals surface area contributed by atoms with Crippen LogP contribution >= 0.6 is 0 Å². The number of nitrogens with zero attached hydrogens (tertiary/aromatic N) is 2. The van der Waals surface area contributed by atoms with Crippen molar-refractivity contribution in [3.05, 3.63) is 30.5 Å². The topological polar surface area (TPSA) is 17.3 Å². The summed E-state index contributed by atoms with van der Waals surface area (Å²) >= 11 is 0. The maximum atomic E-state index is 4.08. The molecule has 0 atom stereocenters. The summed E-state index contributed by atoms with van der Waals surface area (Å²) in [4.78, 5) is 4.08. The standard InChI is InChI=1S/C6H5BN2/c1-2-4-9-5-7-8-6(9)3-1/h1-5H. The fourth-order valence-electron chi connectivity index (χ4n) is 0.864. The van der Waals surface area contributed by atoms with Gasteiger partial charge in [-0.2, -0.15) is 0 Å². The molecule has 0 fully saturated rings. The van der Waals surface area contributed by atoms with E-state index in [2.05, 4.69) is 4.89 Å². The van der Waals surface area contributed by atoms with Gasteiger partial charge in [0.1, 0.15) is 0 Å². The molecule has 2 aromatic rings. The average Bonchev–Trinajstić information content (AvgIpc) is 2.33. The third-order valence-corrected chi connectivity index (χ3v) is 1.30. The van der Waals surface area contributed by atoms with E-state index >= 15 is 0 Å². The zero-order chi connectivity index (χ0) is 6.10. The van der Waals surface area contributed by atoms with Crippen molar-refractivity contribution >= 4 is 12.7 Å². The molecule has 0 aromatic carbocycles. The normalized spacial score (nSPS) is 9.78. The molecule has 0 unspecified atom stereocenters. The predicted molar refractivity (Wildman–Crippen MR) is 36.5 cm³/mol. The molecule has 0 aliphatic heterocycles. The van der Waals surface area contributed by atoms with Gasteiger partial charge in [-0.1, -0.05) is 0 Å². The number of aromatic nitrogens is 2. The van der Waals surface area contributed by atoms with Crippen LogP contribution in [0.2, 0.25) is 0 Å². The van der Waals surface area contributed by atoms with Crippen LogP contribution in [0, 0.1) is 0 Å². The molecule has 2 rings (SSSR count). The van der Waals surface area contributed by atoms with Crippen molar-refractivity contribution in [3.63, 3.8) is 0 Å². The molecule has 3 heteroatoms. The van der Waals surface area contributed by atoms with Gasteiger partial charge in [-0.05, 0) is 0 Å². The van der Waals surface area contributed by atoms with Gasteiger partial charge in [-0.15, -0.1) is 0 Å². The Morgan fingerprint density at radius 2 is 2.44 bits per heavy atom. The van der Waals surface area contributed by atoms with Gasteiger partial charge in [0.25, 0.3) is 0 Å². The summed E-state index contributed by atoms with van der Waals surface area (Å²) < 4.78 is 1.97. The summed E-state index contributed by atoms with van der Waals surface area (Å²) in [6, 6.07) is 5.93. The van der Waals surface area contributed by atoms with Crippen molar-refractivity contribution < 1.29 is 0 Å². The van der Waals surface area contributed by atoms with Gasteiger partial charge < -0.3 is 0 Å². The van der Waals surface area contributed by atoms with Crippen molar-refractivity contribution in [2.45, 2.75) is 0 Å².